The summed E-state index contributed by atoms with van der Waals surface area (Å²) < 4.78 is 0. The first kappa shape index (κ1) is 25.0. The van der Waals surface area contributed by atoms with Crippen LogP contribution in [-0.4, -0.2) is 61.2 Å². The molecule has 2 saturated heterocycles. The topological polar surface area (TPSA) is 68.7 Å². The summed E-state index contributed by atoms with van der Waals surface area (Å²) in [5, 5.41) is 10.4. The van der Waals surface area contributed by atoms with Gasteiger partial charge in [-0.2, -0.15) is 0 Å². The Hall–Kier alpha value is -1.62. The van der Waals surface area contributed by atoms with Crippen molar-refractivity contribution in [2.24, 2.45) is 4.99 Å². The van der Waals surface area contributed by atoms with E-state index < -0.39 is 0 Å². The predicted octanol–water partition coefficient (Wildman–Crippen LogP) is 3.83. The average Bonchev–Trinajstić information content (AvgIpc) is 3.47. The van der Waals surface area contributed by atoms with Crippen LogP contribution in [0, 0.1) is 6.92 Å². The lowest BCUT2D eigenvalue weighted by molar-refractivity contribution is 0.459. The molecule has 4 rings (SSSR count). The SMILES string of the molecule is CCNC(=NCCc1csc(N2CCCC2)n1)NC1CCN(c2ccc(C)cn2)CC1.I. The molecule has 0 aliphatic carbocycles. The summed E-state index contributed by atoms with van der Waals surface area (Å²) in [5.74, 6) is 2.01. The minimum atomic E-state index is 0. The molecule has 0 bridgehead atoms. The Kier molecular flexibility index (Phi) is 9.83. The van der Waals surface area contributed by atoms with Gasteiger partial charge in [0.2, 0.25) is 0 Å². The molecule has 0 unspecified atom stereocenters. The predicted molar refractivity (Wildman–Crippen MR) is 146 cm³/mol. The van der Waals surface area contributed by atoms with Crippen LogP contribution in [0.25, 0.3) is 0 Å². The van der Waals surface area contributed by atoms with E-state index in [9.17, 15) is 0 Å². The third-order valence-corrected chi connectivity index (χ3v) is 6.90. The number of guanidine groups is 1. The number of halogens is 1. The summed E-state index contributed by atoms with van der Waals surface area (Å²) in [6.45, 7) is 10.2. The summed E-state index contributed by atoms with van der Waals surface area (Å²) in [4.78, 5) is 19.0. The number of rotatable bonds is 7. The molecule has 9 heteroatoms. The van der Waals surface area contributed by atoms with Crippen LogP contribution in [-0.2, 0) is 6.42 Å². The minimum Gasteiger partial charge on any atom is -0.357 e. The molecule has 2 aromatic heterocycles. The average molecular weight is 570 g/mol. The highest BCUT2D eigenvalue weighted by atomic mass is 127. The van der Waals surface area contributed by atoms with Crippen molar-refractivity contribution in [2.45, 2.75) is 52.0 Å². The molecule has 0 amide bonds. The molecule has 2 N–H and O–H groups in total. The van der Waals surface area contributed by atoms with E-state index in [1.54, 1.807) is 11.3 Å². The standard InChI is InChI=1S/C23H35N7S.HI/c1-3-24-22(25-11-8-20-17-31-23(28-20)30-12-4-5-13-30)27-19-9-14-29(15-10-19)21-7-6-18(2)16-26-21;/h6-7,16-17,19H,3-5,8-15H2,1-2H3,(H2,24,25,27);1H. The van der Waals surface area contributed by atoms with Gasteiger partial charge in [-0.1, -0.05) is 6.07 Å². The highest BCUT2D eigenvalue weighted by Gasteiger charge is 2.21. The number of thiazole rings is 1. The van der Waals surface area contributed by atoms with Gasteiger partial charge in [0.25, 0.3) is 0 Å². The van der Waals surface area contributed by atoms with Gasteiger partial charge in [-0.3, -0.25) is 4.99 Å². The summed E-state index contributed by atoms with van der Waals surface area (Å²) in [6.07, 6.45) is 7.59. The number of nitrogens with zero attached hydrogens (tertiary/aromatic N) is 5. The number of aliphatic imine (C=N–C) groups is 1. The number of anilines is 2. The molecule has 176 valence electrons. The number of piperidine rings is 1. The fourth-order valence-corrected chi connectivity index (χ4v) is 5.07. The van der Waals surface area contributed by atoms with E-state index in [0.29, 0.717) is 6.04 Å². The maximum absolute atomic E-state index is 4.82. The highest BCUT2D eigenvalue weighted by molar-refractivity contribution is 14.0. The fourth-order valence-electron chi connectivity index (χ4n) is 4.16. The fraction of sp³-hybridized carbons (Fsp3) is 0.609. The van der Waals surface area contributed by atoms with E-state index in [4.69, 9.17) is 9.98 Å². The number of aromatic nitrogens is 2. The lowest BCUT2D eigenvalue weighted by atomic mass is 10.1. The van der Waals surface area contributed by atoms with Gasteiger partial charge in [0.1, 0.15) is 5.82 Å². The Morgan fingerprint density at radius 3 is 2.62 bits per heavy atom. The molecule has 0 atom stereocenters. The number of pyridine rings is 1. The van der Waals surface area contributed by atoms with Crippen LogP contribution >= 0.6 is 35.3 Å². The van der Waals surface area contributed by atoms with Crippen LogP contribution in [0.4, 0.5) is 10.9 Å². The van der Waals surface area contributed by atoms with Crippen molar-refractivity contribution >= 4 is 52.2 Å². The zero-order chi connectivity index (χ0) is 21.5. The van der Waals surface area contributed by atoms with Gasteiger partial charge in [-0.15, -0.1) is 35.3 Å². The first-order valence-corrected chi connectivity index (χ1v) is 12.5. The van der Waals surface area contributed by atoms with Crippen LogP contribution in [0.3, 0.4) is 0 Å². The van der Waals surface area contributed by atoms with Crippen LogP contribution < -0.4 is 20.4 Å². The van der Waals surface area contributed by atoms with E-state index in [2.05, 4.69) is 56.8 Å². The largest absolute Gasteiger partial charge is 0.357 e. The maximum Gasteiger partial charge on any atom is 0.191 e. The second-order valence-electron chi connectivity index (χ2n) is 8.43. The Morgan fingerprint density at radius 2 is 1.94 bits per heavy atom. The third kappa shape index (κ3) is 6.94. The number of hydrogen-bond donors (Lipinski definition) is 2. The van der Waals surface area contributed by atoms with Crippen LogP contribution in [0.15, 0.2) is 28.7 Å². The molecule has 0 aromatic carbocycles. The van der Waals surface area contributed by atoms with Gasteiger partial charge in [-0.05, 0) is 51.2 Å². The van der Waals surface area contributed by atoms with Crippen LogP contribution in [0.2, 0.25) is 0 Å². The number of hydrogen-bond acceptors (Lipinski definition) is 6. The molecule has 7 nitrogen and oxygen atoms in total. The molecule has 0 radical (unpaired) electrons. The van der Waals surface area contributed by atoms with E-state index in [1.807, 2.05) is 6.20 Å². The van der Waals surface area contributed by atoms with Gasteiger partial charge in [-0.25, -0.2) is 9.97 Å². The van der Waals surface area contributed by atoms with Crippen molar-refractivity contribution in [1.82, 2.24) is 20.6 Å². The van der Waals surface area contributed by atoms with Gasteiger partial charge in [0, 0.05) is 63.3 Å². The maximum atomic E-state index is 4.82. The molecule has 0 saturated carbocycles. The zero-order valence-electron chi connectivity index (χ0n) is 19.2. The van der Waals surface area contributed by atoms with E-state index in [-0.39, 0.29) is 24.0 Å². The van der Waals surface area contributed by atoms with Crippen molar-refractivity contribution in [3.05, 3.63) is 35.0 Å². The lowest BCUT2D eigenvalue weighted by Crippen LogP contribution is -2.49. The Bertz CT molecular complexity index is 840. The summed E-state index contributed by atoms with van der Waals surface area (Å²) in [5.41, 5.74) is 2.36. The van der Waals surface area contributed by atoms with Crippen molar-refractivity contribution in [3.8, 4) is 0 Å². The monoisotopic (exact) mass is 569 g/mol. The van der Waals surface area contributed by atoms with E-state index in [0.717, 1.165) is 76.0 Å². The lowest BCUT2D eigenvalue weighted by Gasteiger charge is -2.33. The minimum absolute atomic E-state index is 0. The van der Waals surface area contributed by atoms with Crippen molar-refractivity contribution in [3.63, 3.8) is 0 Å². The molecule has 2 fully saturated rings. The quantitative estimate of drug-likeness (QED) is 0.300. The Labute approximate surface area is 213 Å². The molecule has 4 heterocycles. The zero-order valence-corrected chi connectivity index (χ0v) is 22.4. The summed E-state index contributed by atoms with van der Waals surface area (Å²) >= 11 is 1.77. The molecular weight excluding hydrogens is 533 g/mol. The van der Waals surface area contributed by atoms with Crippen molar-refractivity contribution in [1.29, 1.82) is 0 Å². The molecule has 2 aliphatic rings. The number of nitrogens with one attached hydrogen (secondary N) is 2. The van der Waals surface area contributed by atoms with E-state index >= 15 is 0 Å². The second-order valence-corrected chi connectivity index (χ2v) is 9.26. The van der Waals surface area contributed by atoms with Gasteiger partial charge in [0.15, 0.2) is 11.1 Å². The first-order valence-electron chi connectivity index (χ1n) is 11.6. The van der Waals surface area contributed by atoms with E-state index in [1.165, 1.54) is 23.5 Å². The highest BCUT2D eigenvalue weighted by Crippen LogP contribution is 2.24. The Morgan fingerprint density at radius 1 is 1.16 bits per heavy atom. The Balaban J connectivity index is 0.00000289. The summed E-state index contributed by atoms with van der Waals surface area (Å²) in [6, 6.07) is 4.71. The molecule has 32 heavy (non-hydrogen) atoms. The van der Waals surface area contributed by atoms with Crippen molar-refractivity contribution in [2.75, 3.05) is 49.1 Å². The summed E-state index contributed by atoms with van der Waals surface area (Å²) in [7, 11) is 0. The first-order chi connectivity index (χ1) is 15.2. The van der Waals surface area contributed by atoms with Crippen LogP contribution in [0.5, 0.6) is 0 Å². The van der Waals surface area contributed by atoms with Crippen LogP contribution in [0.1, 0.15) is 43.9 Å². The molecule has 2 aliphatic heterocycles. The van der Waals surface area contributed by atoms with Crippen molar-refractivity contribution < 1.29 is 0 Å². The smallest absolute Gasteiger partial charge is 0.191 e. The number of aryl methyl sites for hydroxylation is 1. The third-order valence-electron chi connectivity index (χ3n) is 5.95. The second kappa shape index (κ2) is 12.6. The van der Waals surface area contributed by atoms with Gasteiger partial charge >= 0.3 is 0 Å². The van der Waals surface area contributed by atoms with Gasteiger partial charge < -0.3 is 20.4 Å². The molecule has 0 spiro atoms. The van der Waals surface area contributed by atoms with Gasteiger partial charge in [0.05, 0.1) is 5.69 Å². The normalized spacial score (nSPS) is 17.4. The molecular formula is C23H36IN7S. The molecule has 2 aromatic rings.